The highest BCUT2D eigenvalue weighted by Crippen LogP contribution is 2.21. The minimum absolute atomic E-state index is 0.251. The summed E-state index contributed by atoms with van der Waals surface area (Å²) in [7, 11) is 0. The molecule has 0 aliphatic rings. The molecule has 1 aromatic heterocycles. The zero-order valence-electron chi connectivity index (χ0n) is 15.3. The van der Waals surface area contributed by atoms with E-state index in [2.05, 4.69) is 15.6 Å². The first kappa shape index (κ1) is 21.2. The van der Waals surface area contributed by atoms with Gasteiger partial charge in [-0.2, -0.15) is 13.2 Å². The van der Waals surface area contributed by atoms with Crippen LogP contribution in [0.4, 0.5) is 19.0 Å². The molecular weight excluding hydrogens is 375 g/mol. The van der Waals surface area contributed by atoms with Crippen LogP contribution in [0, 0.1) is 0 Å². The molecule has 2 amide bonds. The van der Waals surface area contributed by atoms with Gasteiger partial charge in [0.15, 0.2) is 0 Å². The van der Waals surface area contributed by atoms with E-state index in [1.54, 1.807) is 19.1 Å². The molecule has 0 spiro atoms. The maximum Gasteiger partial charge on any atom is 0.392 e. The lowest BCUT2D eigenvalue weighted by Crippen LogP contribution is -2.26. The quantitative estimate of drug-likeness (QED) is 0.746. The lowest BCUT2D eigenvalue weighted by Gasteiger charge is -2.15. The van der Waals surface area contributed by atoms with Gasteiger partial charge in [0, 0.05) is 18.7 Å². The van der Waals surface area contributed by atoms with Gasteiger partial charge in [0.1, 0.15) is 11.6 Å². The van der Waals surface area contributed by atoms with Crippen LogP contribution in [0.25, 0.3) is 0 Å². The third-order valence-electron chi connectivity index (χ3n) is 3.71. The molecule has 0 bridgehead atoms. The molecule has 0 aliphatic heterocycles. The summed E-state index contributed by atoms with van der Waals surface area (Å²) >= 11 is 0. The van der Waals surface area contributed by atoms with Crippen LogP contribution in [0.2, 0.25) is 0 Å². The molecule has 150 valence electrons. The van der Waals surface area contributed by atoms with Crippen LogP contribution in [0.15, 0.2) is 42.6 Å². The first-order chi connectivity index (χ1) is 13.1. The van der Waals surface area contributed by atoms with Gasteiger partial charge in [-0.1, -0.05) is 0 Å². The van der Waals surface area contributed by atoms with Crippen molar-refractivity contribution in [2.45, 2.75) is 32.5 Å². The van der Waals surface area contributed by atoms with Crippen molar-refractivity contribution in [1.29, 1.82) is 0 Å². The van der Waals surface area contributed by atoms with Crippen molar-refractivity contribution in [1.82, 2.24) is 10.3 Å². The first-order valence-corrected chi connectivity index (χ1v) is 8.48. The second kappa shape index (κ2) is 9.20. The molecule has 1 heterocycles. The molecule has 2 aromatic rings. The van der Waals surface area contributed by atoms with E-state index >= 15 is 0 Å². The molecule has 1 unspecified atom stereocenters. The second-order valence-corrected chi connectivity index (χ2v) is 6.09. The van der Waals surface area contributed by atoms with Crippen LogP contribution in [0.1, 0.15) is 42.2 Å². The lowest BCUT2D eigenvalue weighted by atomic mass is 10.1. The largest absolute Gasteiger partial charge is 0.493 e. The number of pyridine rings is 1. The predicted octanol–water partition coefficient (Wildman–Crippen LogP) is 3.86. The van der Waals surface area contributed by atoms with Gasteiger partial charge in [-0.25, -0.2) is 4.98 Å². The average Bonchev–Trinajstić information content (AvgIpc) is 2.61. The Bertz CT molecular complexity index is 823. The monoisotopic (exact) mass is 395 g/mol. The van der Waals surface area contributed by atoms with Gasteiger partial charge in [0.2, 0.25) is 5.91 Å². The van der Waals surface area contributed by atoms with Crippen LogP contribution in [-0.2, 0) is 4.79 Å². The Hall–Kier alpha value is -3.10. The number of nitrogens with zero attached hydrogens (tertiary/aromatic N) is 1. The number of anilines is 1. The molecule has 1 aromatic carbocycles. The van der Waals surface area contributed by atoms with Crippen molar-refractivity contribution in [3.8, 4) is 5.75 Å². The lowest BCUT2D eigenvalue weighted by molar-refractivity contribution is -0.139. The number of carbonyl (C=O) groups excluding carboxylic acids is 2. The maximum absolute atomic E-state index is 12.4. The fourth-order valence-corrected chi connectivity index (χ4v) is 2.32. The van der Waals surface area contributed by atoms with Crippen LogP contribution >= 0.6 is 0 Å². The summed E-state index contributed by atoms with van der Waals surface area (Å²) in [6, 6.07) is 8.85. The zero-order valence-corrected chi connectivity index (χ0v) is 15.3. The van der Waals surface area contributed by atoms with E-state index in [1.807, 2.05) is 0 Å². The number of amides is 2. The summed E-state index contributed by atoms with van der Waals surface area (Å²) < 4.78 is 41.4. The summed E-state index contributed by atoms with van der Waals surface area (Å²) in [5.41, 5.74) is 1.09. The van der Waals surface area contributed by atoms with E-state index in [0.717, 1.165) is 5.56 Å². The number of rotatable bonds is 7. The fourth-order valence-electron chi connectivity index (χ4n) is 2.32. The van der Waals surface area contributed by atoms with Gasteiger partial charge >= 0.3 is 6.18 Å². The van der Waals surface area contributed by atoms with Crippen LogP contribution in [0.3, 0.4) is 0 Å². The minimum atomic E-state index is -4.28. The number of ether oxygens (including phenoxy) is 1. The van der Waals surface area contributed by atoms with Gasteiger partial charge in [-0.3, -0.25) is 9.59 Å². The second-order valence-electron chi connectivity index (χ2n) is 6.09. The number of hydrogen-bond donors (Lipinski definition) is 2. The molecule has 28 heavy (non-hydrogen) atoms. The molecule has 0 radical (unpaired) electrons. The molecule has 2 rings (SSSR count). The van der Waals surface area contributed by atoms with E-state index < -0.39 is 19.2 Å². The number of alkyl halides is 3. The van der Waals surface area contributed by atoms with Crippen LogP contribution in [0.5, 0.6) is 5.75 Å². The van der Waals surface area contributed by atoms with Crippen molar-refractivity contribution in [3.63, 3.8) is 0 Å². The number of aromatic nitrogens is 1. The highest BCUT2D eigenvalue weighted by atomic mass is 19.4. The molecule has 2 N–H and O–H groups in total. The maximum atomic E-state index is 12.4. The number of carbonyl (C=O) groups is 2. The molecule has 1 atom stereocenters. The van der Waals surface area contributed by atoms with Crippen molar-refractivity contribution in [3.05, 3.63) is 53.7 Å². The summed E-state index contributed by atoms with van der Waals surface area (Å²) in [6.45, 7) is 2.67. The van der Waals surface area contributed by atoms with Crippen LogP contribution < -0.4 is 15.4 Å². The van der Waals surface area contributed by atoms with Gasteiger partial charge in [0.05, 0.1) is 19.1 Å². The Morgan fingerprint density at radius 3 is 2.46 bits per heavy atom. The third-order valence-corrected chi connectivity index (χ3v) is 3.71. The summed E-state index contributed by atoms with van der Waals surface area (Å²) in [5, 5.41) is 5.38. The molecule has 0 saturated heterocycles. The molecule has 9 heteroatoms. The number of benzene rings is 1. The van der Waals surface area contributed by atoms with E-state index in [9.17, 15) is 22.8 Å². The molecule has 0 aliphatic carbocycles. The number of nitrogens with one attached hydrogen (secondary N) is 2. The van der Waals surface area contributed by atoms with E-state index in [1.165, 1.54) is 37.4 Å². The first-order valence-electron chi connectivity index (χ1n) is 8.48. The molecule has 6 nitrogen and oxygen atoms in total. The highest BCUT2D eigenvalue weighted by Gasteiger charge is 2.26. The summed E-state index contributed by atoms with van der Waals surface area (Å²) in [6.07, 6.45) is -3.79. The SMILES string of the molecule is CC(=O)Nc1cc(C(C)NC(=O)c2ccc(OCCC(F)(F)F)cc2)ccn1. The average molecular weight is 395 g/mol. The highest BCUT2D eigenvalue weighted by molar-refractivity contribution is 5.94. The molecule has 0 saturated carbocycles. The van der Waals surface area contributed by atoms with Crippen molar-refractivity contribution >= 4 is 17.6 Å². The van der Waals surface area contributed by atoms with Crippen molar-refractivity contribution in [2.24, 2.45) is 0 Å². The Morgan fingerprint density at radius 2 is 1.86 bits per heavy atom. The van der Waals surface area contributed by atoms with E-state index in [4.69, 9.17) is 4.74 Å². The zero-order chi connectivity index (χ0) is 20.7. The van der Waals surface area contributed by atoms with E-state index in [-0.39, 0.29) is 23.6 Å². The van der Waals surface area contributed by atoms with Crippen molar-refractivity contribution in [2.75, 3.05) is 11.9 Å². The van der Waals surface area contributed by atoms with Crippen molar-refractivity contribution < 1.29 is 27.5 Å². The van der Waals surface area contributed by atoms with Gasteiger partial charge in [-0.15, -0.1) is 0 Å². The summed E-state index contributed by atoms with van der Waals surface area (Å²) in [4.78, 5) is 27.5. The molecular formula is C19H20F3N3O3. The van der Waals surface area contributed by atoms with Crippen LogP contribution in [-0.4, -0.2) is 29.6 Å². The normalized spacial score (nSPS) is 12.2. The van der Waals surface area contributed by atoms with Gasteiger partial charge in [-0.05, 0) is 48.9 Å². The topological polar surface area (TPSA) is 80.3 Å². The fraction of sp³-hybridized carbons (Fsp3) is 0.316. The summed E-state index contributed by atoms with van der Waals surface area (Å²) in [5.74, 6) is 0.0282. The minimum Gasteiger partial charge on any atom is -0.493 e. The van der Waals surface area contributed by atoms with E-state index in [0.29, 0.717) is 11.4 Å². The number of halogens is 3. The number of hydrogen-bond acceptors (Lipinski definition) is 4. The Kier molecular flexibility index (Phi) is 6.97. The third kappa shape index (κ3) is 6.90. The van der Waals surface area contributed by atoms with Gasteiger partial charge < -0.3 is 15.4 Å². The smallest absolute Gasteiger partial charge is 0.392 e. The standard InChI is InChI=1S/C19H20F3N3O3/c1-12(15-7-9-23-17(11-15)25-13(2)26)24-18(27)14-3-5-16(6-4-14)28-10-8-19(20,21)22/h3-7,9,11-12H,8,10H2,1-2H3,(H,24,27)(H,23,25,26). The Morgan fingerprint density at radius 1 is 1.18 bits per heavy atom. The predicted molar refractivity (Wildman–Crippen MR) is 97.0 cm³/mol. The van der Waals surface area contributed by atoms with Gasteiger partial charge in [0.25, 0.3) is 5.91 Å². The Labute approximate surface area is 160 Å². The Balaban J connectivity index is 1.94. The molecule has 0 fully saturated rings.